The molecule has 2 aliphatic rings. The van der Waals surface area contributed by atoms with Gasteiger partial charge in [0, 0.05) is 17.0 Å². The van der Waals surface area contributed by atoms with Crippen molar-refractivity contribution in [2.75, 3.05) is 6.54 Å². The molecule has 3 unspecified atom stereocenters. The topological polar surface area (TPSA) is 32.3 Å². The Labute approximate surface area is 145 Å². The Kier molecular flexibility index (Phi) is 7.01. The number of benzene rings is 1. The molecule has 2 nitrogen and oxygen atoms in total. The maximum absolute atomic E-state index is 10.5. The zero-order chi connectivity index (χ0) is 14.7. The molecule has 1 heterocycles. The molecule has 0 bridgehead atoms. The number of nitrogens with one attached hydrogen (secondary N) is 1. The van der Waals surface area contributed by atoms with Crippen LogP contribution in [-0.2, 0) is 0 Å². The molecule has 1 saturated heterocycles. The molecule has 3 rings (SSSR count). The average molecular weight is 344 g/mol. The quantitative estimate of drug-likeness (QED) is 0.844. The van der Waals surface area contributed by atoms with Gasteiger partial charge in [0.2, 0.25) is 0 Å². The van der Waals surface area contributed by atoms with Gasteiger partial charge in [-0.1, -0.05) is 43.0 Å². The number of hydrogen-bond acceptors (Lipinski definition) is 2. The van der Waals surface area contributed by atoms with Crippen molar-refractivity contribution in [2.24, 2.45) is 5.92 Å². The number of rotatable bonds is 3. The predicted molar refractivity (Wildman–Crippen MR) is 95.0 cm³/mol. The van der Waals surface area contributed by atoms with Gasteiger partial charge in [0.25, 0.3) is 0 Å². The summed E-state index contributed by atoms with van der Waals surface area (Å²) in [5.41, 5.74) is 1.34. The van der Waals surface area contributed by atoms with Crippen molar-refractivity contribution in [3.63, 3.8) is 0 Å². The van der Waals surface area contributed by atoms with E-state index in [9.17, 15) is 5.11 Å². The maximum Gasteiger partial charge on any atom is 0.0699 e. The van der Waals surface area contributed by atoms with Crippen LogP contribution in [0.4, 0.5) is 0 Å². The van der Waals surface area contributed by atoms with Gasteiger partial charge in [0.1, 0.15) is 0 Å². The fraction of sp³-hybridized carbons (Fsp3) is 0.667. The molecule has 0 amide bonds. The van der Waals surface area contributed by atoms with Crippen LogP contribution in [0.1, 0.15) is 56.4 Å². The van der Waals surface area contributed by atoms with Crippen molar-refractivity contribution in [1.29, 1.82) is 0 Å². The second kappa shape index (κ2) is 8.54. The van der Waals surface area contributed by atoms with Gasteiger partial charge in [-0.25, -0.2) is 0 Å². The summed E-state index contributed by atoms with van der Waals surface area (Å²) in [6.45, 7) is 1.03. The predicted octanol–water partition coefficient (Wildman–Crippen LogP) is 4.54. The molecule has 2 fully saturated rings. The lowest BCUT2D eigenvalue weighted by molar-refractivity contribution is 0.0665. The number of aliphatic hydroxyl groups is 1. The lowest BCUT2D eigenvalue weighted by Crippen LogP contribution is -2.50. The molecular weight excluding hydrogens is 317 g/mol. The van der Waals surface area contributed by atoms with Crippen LogP contribution in [0.15, 0.2) is 24.3 Å². The first kappa shape index (κ1) is 18.1. The van der Waals surface area contributed by atoms with Crippen LogP contribution in [0.2, 0.25) is 5.02 Å². The summed E-state index contributed by atoms with van der Waals surface area (Å²) in [7, 11) is 0. The van der Waals surface area contributed by atoms with Gasteiger partial charge >= 0.3 is 0 Å². The van der Waals surface area contributed by atoms with Gasteiger partial charge in [0.05, 0.1) is 6.10 Å². The van der Waals surface area contributed by atoms with Gasteiger partial charge in [0.15, 0.2) is 0 Å². The van der Waals surface area contributed by atoms with Crippen molar-refractivity contribution < 1.29 is 5.11 Å². The van der Waals surface area contributed by atoms with Crippen LogP contribution >= 0.6 is 24.0 Å². The third kappa shape index (κ3) is 4.17. The zero-order valence-corrected chi connectivity index (χ0v) is 14.6. The molecular formula is C18H27Cl2NO. The SMILES string of the molecule is Cl.OC1CCCNC1C(c1ccc(Cl)cc1)C1CCCCC1. The van der Waals surface area contributed by atoms with Crippen LogP contribution < -0.4 is 5.32 Å². The molecule has 4 heteroatoms. The Hall–Kier alpha value is -0.280. The number of halogens is 2. The molecule has 3 atom stereocenters. The van der Waals surface area contributed by atoms with Crippen LogP contribution in [0.25, 0.3) is 0 Å². The summed E-state index contributed by atoms with van der Waals surface area (Å²) in [6.07, 6.45) is 8.39. The summed E-state index contributed by atoms with van der Waals surface area (Å²) in [6, 6.07) is 8.49. The Morgan fingerprint density at radius 3 is 2.32 bits per heavy atom. The maximum atomic E-state index is 10.5. The van der Waals surface area contributed by atoms with Crippen molar-refractivity contribution >= 4 is 24.0 Å². The standard InChI is InChI=1S/C18H26ClNO.ClH/c19-15-10-8-14(9-11-15)17(13-5-2-1-3-6-13)18-16(21)7-4-12-20-18;/h8-11,13,16-18,20-21H,1-7,12H2;1H. The highest BCUT2D eigenvalue weighted by molar-refractivity contribution is 6.30. The Morgan fingerprint density at radius 1 is 1.00 bits per heavy atom. The second-order valence-corrected chi connectivity index (χ2v) is 7.10. The Bertz CT molecular complexity index is 445. The molecule has 1 aromatic carbocycles. The van der Waals surface area contributed by atoms with Crippen molar-refractivity contribution in [3.8, 4) is 0 Å². The van der Waals surface area contributed by atoms with E-state index in [1.807, 2.05) is 12.1 Å². The van der Waals surface area contributed by atoms with E-state index in [-0.39, 0.29) is 24.6 Å². The van der Waals surface area contributed by atoms with Gasteiger partial charge in [-0.2, -0.15) is 0 Å². The number of aliphatic hydroxyl groups excluding tert-OH is 1. The van der Waals surface area contributed by atoms with E-state index in [1.54, 1.807) is 0 Å². The minimum Gasteiger partial charge on any atom is -0.391 e. The largest absolute Gasteiger partial charge is 0.391 e. The third-order valence-electron chi connectivity index (χ3n) is 5.27. The molecule has 1 aliphatic heterocycles. The van der Waals surface area contributed by atoms with Crippen molar-refractivity contribution in [3.05, 3.63) is 34.9 Å². The molecule has 2 N–H and O–H groups in total. The first-order chi connectivity index (χ1) is 10.3. The van der Waals surface area contributed by atoms with Gasteiger partial charge in [-0.3, -0.25) is 0 Å². The number of piperidine rings is 1. The highest BCUT2D eigenvalue weighted by Gasteiger charge is 2.36. The Balaban J connectivity index is 0.00000176. The second-order valence-electron chi connectivity index (χ2n) is 6.66. The molecule has 1 aromatic rings. The molecule has 0 spiro atoms. The summed E-state index contributed by atoms with van der Waals surface area (Å²) < 4.78 is 0. The van der Waals surface area contributed by atoms with Crippen molar-refractivity contribution in [2.45, 2.75) is 63.0 Å². The minimum atomic E-state index is -0.221. The van der Waals surface area contributed by atoms with Gasteiger partial charge in [-0.05, 0) is 55.8 Å². The van der Waals surface area contributed by atoms with Crippen LogP contribution in [0.5, 0.6) is 0 Å². The highest BCUT2D eigenvalue weighted by Crippen LogP contribution is 2.40. The first-order valence-electron chi connectivity index (χ1n) is 8.42. The normalized spacial score (nSPS) is 27.9. The third-order valence-corrected chi connectivity index (χ3v) is 5.52. The van der Waals surface area contributed by atoms with Gasteiger partial charge in [-0.15, -0.1) is 12.4 Å². The number of hydrogen-bond donors (Lipinski definition) is 2. The van der Waals surface area contributed by atoms with E-state index in [4.69, 9.17) is 11.6 Å². The smallest absolute Gasteiger partial charge is 0.0699 e. The molecule has 0 radical (unpaired) electrons. The van der Waals surface area contributed by atoms with E-state index in [2.05, 4.69) is 17.4 Å². The van der Waals surface area contributed by atoms with E-state index in [1.165, 1.54) is 37.7 Å². The van der Waals surface area contributed by atoms with Gasteiger partial charge < -0.3 is 10.4 Å². The lowest BCUT2D eigenvalue weighted by Gasteiger charge is -2.41. The summed E-state index contributed by atoms with van der Waals surface area (Å²) in [4.78, 5) is 0. The Morgan fingerprint density at radius 2 is 1.68 bits per heavy atom. The van der Waals surface area contributed by atoms with E-state index < -0.39 is 0 Å². The highest BCUT2D eigenvalue weighted by atomic mass is 35.5. The molecule has 22 heavy (non-hydrogen) atoms. The van der Waals surface area contributed by atoms with Crippen LogP contribution in [0.3, 0.4) is 0 Å². The minimum absolute atomic E-state index is 0. The van der Waals surface area contributed by atoms with Crippen LogP contribution in [0, 0.1) is 5.92 Å². The van der Waals surface area contributed by atoms with Crippen LogP contribution in [-0.4, -0.2) is 23.8 Å². The average Bonchev–Trinajstić information content (AvgIpc) is 2.52. The van der Waals surface area contributed by atoms with E-state index in [0.29, 0.717) is 11.8 Å². The van der Waals surface area contributed by atoms with Crippen molar-refractivity contribution in [1.82, 2.24) is 5.32 Å². The fourth-order valence-electron chi connectivity index (χ4n) is 4.21. The fourth-order valence-corrected chi connectivity index (χ4v) is 4.34. The monoisotopic (exact) mass is 343 g/mol. The molecule has 1 saturated carbocycles. The van der Waals surface area contributed by atoms with E-state index >= 15 is 0 Å². The summed E-state index contributed by atoms with van der Waals surface area (Å²) >= 11 is 6.05. The van der Waals surface area contributed by atoms with E-state index in [0.717, 1.165) is 24.4 Å². The molecule has 1 aliphatic carbocycles. The zero-order valence-electron chi connectivity index (χ0n) is 13.0. The molecule has 0 aromatic heterocycles. The lowest BCUT2D eigenvalue weighted by atomic mass is 9.71. The molecule has 124 valence electrons. The summed E-state index contributed by atoms with van der Waals surface area (Å²) in [5, 5.41) is 14.9. The first-order valence-corrected chi connectivity index (χ1v) is 8.80. The summed E-state index contributed by atoms with van der Waals surface area (Å²) in [5.74, 6) is 1.10.